The van der Waals surface area contributed by atoms with E-state index in [1.54, 1.807) is 0 Å². The highest BCUT2D eigenvalue weighted by molar-refractivity contribution is 5.85. The fourth-order valence-corrected chi connectivity index (χ4v) is 2.80. The summed E-state index contributed by atoms with van der Waals surface area (Å²) >= 11 is 0. The van der Waals surface area contributed by atoms with E-state index in [0.29, 0.717) is 13.2 Å². The molecule has 2 N–H and O–H groups in total. The van der Waals surface area contributed by atoms with Crippen LogP contribution >= 0.6 is 12.4 Å². The van der Waals surface area contributed by atoms with Crippen molar-refractivity contribution >= 4 is 18.3 Å². The van der Waals surface area contributed by atoms with Crippen molar-refractivity contribution in [2.75, 3.05) is 26.3 Å². The molecule has 1 amide bonds. The molecule has 0 aromatic heterocycles. The van der Waals surface area contributed by atoms with Gasteiger partial charge in [-0.15, -0.1) is 12.4 Å². The molecule has 20 heavy (non-hydrogen) atoms. The molecule has 6 heteroatoms. The van der Waals surface area contributed by atoms with Crippen LogP contribution in [-0.4, -0.2) is 37.1 Å². The number of rotatable bonds is 2. The first kappa shape index (κ1) is 14.9. The van der Waals surface area contributed by atoms with Gasteiger partial charge >= 0.3 is 0 Å². The molecule has 1 aromatic rings. The summed E-state index contributed by atoms with van der Waals surface area (Å²) in [6.45, 7) is 2.02. The number of hydrogen-bond acceptors (Lipinski definition) is 4. The molecular formula is C14H19ClN2O3. The Morgan fingerprint density at radius 2 is 2.05 bits per heavy atom. The van der Waals surface area contributed by atoms with Gasteiger partial charge in [-0.2, -0.15) is 0 Å². The molecule has 0 saturated carbocycles. The van der Waals surface area contributed by atoms with E-state index in [2.05, 4.69) is 0 Å². The number of nitrogens with two attached hydrogens (primary N) is 1. The predicted molar refractivity (Wildman–Crippen MR) is 77.4 cm³/mol. The lowest BCUT2D eigenvalue weighted by Crippen LogP contribution is -2.35. The van der Waals surface area contributed by atoms with Crippen LogP contribution in [0.25, 0.3) is 0 Å². The van der Waals surface area contributed by atoms with Crippen LogP contribution in [0.3, 0.4) is 0 Å². The number of hydrogen-bond donors (Lipinski definition) is 1. The lowest BCUT2D eigenvalue weighted by atomic mass is 10.0. The maximum absolute atomic E-state index is 11.8. The molecule has 2 aliphatic rings. The Bertz CT molecular complexity index is 495. The van der Waals surface area contributed by atoms with E-state index in [4.69, 9.17) is 15.2 Å². The molecule has 0 radical (unpaired) electrons. The minimum Gasteiger partial charge on any atom is -0.486 e. The second-order valence-electron chi connectivity index (χ2n) is 4.85. The zero-order valence-electron chi connectivity index (χ0n) is 11.2. The fraction of sp³-hybridized carbons (Fsp3) is 0.500. The van der Waals surface area contributed by atoms with Gasteiger partial charge in [0.25, 0.3) is 0 Å². The highest BCUT2D eigenvalue weighted by atomic mass is 35.5. The van der Waals surface area contributed by atoms with E-state index in [1.807, 2.05) is 23.1 Å². The number of nitrogens with zero attached hydrogens (tertiary/aromatic N) is 1. The molecule has 1 unspecified atom stereocenters. The van der Waals surface area contributed by atoms with Crippen LogP contribution in [0.2, 0.25) is 0 Å². The first-order valence-electron chi connectivity index (χ1n) is 6.68. The summed E-state index contributed by atoms with van der Waals surface area (Å²) in [6, 6.07) is 6.04. The maximum atomic E-state index is 11.8. The Morgan fingerprint density at radius 3 is 2.80 bits per heavy atom. The molecule has 5 nitrogen and oxygen atoms in total. The largest absolute Gasteiger partial charge is 0.486 e. The first-order chi connectivity index (χ1) is 9.29. The smallest absolute Gasteiger partial charge is 0.236 e. The Hall–Kier alpha value is -1.46. The number of amides is 1. The summed E-state index contributed by atoms with van der Waals surface area (Å²) in [4.78, 5) is 13.7. The lowest BCUT2D eigenvalue weighted by molar-refractivity contribution is -0.130. The highest BCUT2D eigenvalue weighted by Gasteiger charge is 2.30. The topological polar surface area (TPSA) is 64.8 Å². The molecule has 0 bridgehead atoms. The van der Waals surface area contributed by atoms with Crippen LogP contribution in [0.4, 0.5) is 0 Å². The molecule has 1 fully saturated rings. The van der Waals surface area contributed by atoms with Crippen LogP contribution in [0.5, 0.6) is 11.5 Å². The number of fused-ring (bicyclic) bond motifs is 1. The summed E-state index contributed by atoms with van der Waals surface area (Å²) in [6.07, 6.45) is 2.00. The fourth-order valence-electron chi connectivity index (χ4n) is 2.80. The number of likely N-dealkylation sites (tertiary alicyclic amines) is 1. The molecule has 2 aliphatic heterocycles. The normalized spacial score (nSPS) is 20.4. The summed E-state index contributed by atoms with van der Waals surface area (Å²) in [5.41, 5.74) is 6.57. The Balaban J connectivity index is 0.00000147. The van der Waals surface area contributed by atoms with Crippen molar-refractivity contribution in [3.63, 3.8) is 0 Å². The van der Waals surface area contributed by atoms with Crippen molar-refractivity contribution in [1.82, 2.24) is 4.90 Å². The summed E-state index contributed by atoms with van der Waals surface area (Å²) in [5, 5.41) is 0. The van der Waals surface area contributed by atoms with Gasteiger partial charge in [0, 0.05) is 6.54 Å². The molecule has 1 saturated heterocycles. The van der Waals surface area contributed by atoms with Gasteiger partial charge in [-0.25, -0.2) is 0 Å². The third-order valence-corrected chi connectivity index (χ3v) is 3.70. The van der Waals surface area contributed by atoms with E-state index in [0.717, 1.165) is 36.4 Å². The van der Waals surface area contributed by atoms with Crippen molar-refractivity contribution in [3.8, 4) is 11.5 Å². The van der Waals surface area contributed by atoms with Crippen LogP contribution in [0.1, 0.15) is 24.4 Å². The SMILES string of the molecule is Cl.NCC(=O)N1CCCC1c1ccc2c(c1)OCCO2. The third-order valence-electron chi connectivity index (χ3n) is 3.70. The van der Waals surface area contributed by atoms with E-state index in [1.165, 1.54) is 0 Å². The summed E-state index contributed by atoms with van der Waals surface area (Å²) < 4.78 is 11.1. The van der Waals surface area contributed by atoms with Gasteiger partial charge in [0.05, 0.1) is 12.6 Å². The predicted octanol–water partition coefficient (Wildman–Crippen LogP) is 1.50. The van der Waals surface area contributed by atoms with E-state index >= 15 is 0 Å². The number of ether oxygens (including phenoxy) is 2. The number of benzene rings is 1. The van der Waals surface area contributed by atoms with Gasteiger partial charge in [0.15, 0.2) is 11.5 Å². The average Bonchev–Trinajstić information content (AvgIpc) is 2.95. The lowest BCUT2D eigenvalue weighted by Gasteiger charge is -2.26. The third kappa shape index (κ3) is 2.69. The molecular weight excluding hydrogens is 280 g/mol. The highest BCUT2D eigenvalue weighted by Crippen LogP contribution is 2.37. The van der Waals surface area contributed by atoms with Crippen LogP contribution in [0, 0.1) is 0 Å². The number of carbonyl (C=O) groups is 1. The maximum Gasteiger partial charge on any atom is 0.236 e. The first-order valence-corrected chi connectivity index (χ1v) is 6.68. The van der Waals surface area contributed by atoms with Gasteiger partial charge in [0.2, 0.25) is 5.91 Å². The second kappa shape index (κ2) is 6.33. The van der Waals surface area contributed by atoms with Crippen molar-refractivity contribution in [3.05, 3.63) is 23.8 Å². The molecule has 110 valence electrons. The van der Waals surface area contributed by atoms with Gasteiger partial charge in [-0.1, -0.05) is 6.07 Å². The Morgan fingerprint density at radius 1 is 1.30 bits per heavy atom. The number of halogens is 1. The van der Waals surface area contributed by atoms with Gasteiger partial charge in [0.1, 0.15) is 13.2 Å². The van der Waals surface area contributed by atoms with Crippen LogP contribution in [-0.2, 0) is 4.79 Å². The van der Waals surface area contributed by atoms with Gasteiger partial charge < -0.3 is 20.1 Å². The standard InChI is InChI=1S/C14H18N2O3.ClH/c15-9-14(17)16-5-1-2-11(16)10-3-4-12-13(8-10)19-7-6-18-12;/h3-4,8,11H,1-2,5-7,9,15H2;1H. The van der Waals surface area contributed by atoms with Gasteiger partial charge in [-0.3, -0.25) is 4.79 Å². The van der Waals surface area contributed by atoms with E-state index in [9.17, 15) is 4.79 Å². The number of carbonyl (C=O) groups excluding carboxylic acids is 1. The van der Waals surface area contributed by atoms with E-state index in [-0.39, 0.29) is 30.9 Å². The van der Waals surface area contributed by atoms with E-state index < -0.39 is 0 Å². The minimum atomic E-state index is 0. The monoisotopic (exact) mass is 298 g/mol. The molecule has 2 heterocycles. The van der Waals surface area contributed by atoms with Crippen molar-refractivity contribution in [2.45, 2.75) is 18.9 Å². The van der Waals surface area contributed by atoms with Crippen molar-refractivity contribution in [1.29, 1.82) is 0 Å². The molecule has 1 atom stereocenters. The molecule has 3 rings (SSSR count). The zero-order chi connectivity index (χ0) is 13.2. The molecule has 0 aliphatic carbocycles. The van der Waals surface area contributed by atoms with Crippen LogP contribution < -0.4 is 15.2 Å². The molecule has 1 aromatic carbocycles. The zero-order valence-corrected chi connectivity index (χ0v) is 12.0. The minimum absolute atomic E-state index is 0. The summed E-state index contributed by atoms with van der Waals surface area (Å²) in [7, 11) is 0. The average molecular weight is 299 g/mol. The van der Waals surface area contributed by atoms with Crippen LogP contribution in [0.15, 0.2) is 18.2 Å². The second-order valence-corrected chi connectivity index (χ2v) is 4.85. The quantitative estimate of drug-likeness (QED) is 0.899. The summed E-state index contributed by atoms with van der Waals surface area (Å²) in [5.74, 6) is 1.57. The Kier molecular flexibility index (Phi) is 4.73. The van der Waals surface area contributed by atoms with Crippen molar-refractivity contribution in [2.24, 2.45) is 5.73 Å². The van der Waals surface area contributed by atoms with Crippen molar-refractivity contribution < 1.29 is 14.3 Å². The Labute approximate surface area is 124 Å². The molecule has 0 spiro atoms. The van der Waals surface area contributed by atoms with Gasteiger partial charge in [-0.05, 0) is 30.5 Å².